The standard InChI is InChI=1S/C35H43ClFN5O8S2/c1-34(2,3)50-33(47)39-24-10-8-6-4-5-7-9-19-17-35(19,32(46)41-52(48,49)22-12-13-22)40-29(43)25-16-21(18-42(25)31(24)45)38-30(44)28-27(36)23-14-11-20(37)15-26(23)51-28/h7,9,11,14-15,19,21-22,24-25H,4-6,8,10,12-13,16-18H2,1-3H3,(H,38,44)(H,39,47)(H,40,43)(H,41,46)/t19-,21-,24+,25+,35-/m1/s1. The van der Waals surface area contributed by atoms with E-state index in [1.54, 1.807) is 20.8 Å². The first-order valence-electron chi connectivity index (χ1n) is 17.5. The molecule has 1 aromatic carbocycles. The van der Waals surface area contributed by atoms with Gasteiger partial charge in [0, 0.05) is 28.6 Å². The molecule has 2 aliphatic carbocycles. The van der Waals surface area contributed by atoms with Gasteiger partial charge in [-0.1, -0.05) is 36.6 Å². The summed E-state index contributed by atoms with van der Waals surface area (Å²) in [6, 6.07) is 0.967. The smallest absolute Gasteiger partial charge is 0.408 e. The van der Waals surface area contributed by atoms with Crippen molar-refractivity contribution >= 4 is 72.8 Å². The Hall–Kier alpha value is -3.76. The Morgan fingerprint density at radius 3 is 2.56 bits per heavy atom. The summed E-state index contributed by atoms with van der Waals surface area (Å²) < 4.78 is 47.5. The van der Waals surface area contributed by atoms with E-state index in [1.807, 2.05) is 12.2 Å². The van der Waals surface area contributed by atoms with Crippen LogP contribution in [0.5, 0.6) is 0 Å². The number of allylic oxidation sites excluding steroid dienone is 1. The highest BCUT2D eigenvalue weighted by atomic mass is 35.5. The first-order chi connectivity index (χ1) is 24.5. The van der Waals surface area contributed by atoms with Crippen LogP contribution in [-0.2, 0) is 29.1 Å². The maximum Gasteiger partial charge on any atom is 0.408 e. The van der Waals surface area contributed by atoms with Gasteiger partial charge in [0.15, 0.2) is 0 Å². The number of nitrogens with zero attached hydrogens (tertiary/aromatic N) is 1. The molecule has 1 saturated heterocycles. The lowest BCUT2D eigenvalue weighted by atomic mass is 10.0. The summed E-state index contributed by atoms with van der Waals surface area (Å²) in [4.78, 5) is 70.0. The molecule has 4 N–H and O–H groups in total. The van der Waals surface area contributed by atoms with Gasteiger partial charge < -0.3 is 25.6 Å². The Balaban J connectivity index is 1.29. The summed E-state index contributed by atoms with van der Waals surface area (Å²) in [6.45, 7) is 4.96. The molecule has 13 nitrogen and oxygen atoms in total. The topological polar surface area (TPSA) is 180 Å². The van der Waals surface area contributed by atoms with Crippen molar-refractivity contribution in [2.24, 2.45) is 5.92 Å². The van der Waals surface area contributed by atoms with Gasteiger partial charge >= 0.3 is 6.09 Å². The van der Waals surface area contributed by atoms with E-state index in [4.69, 9.17) is 16.3 Å². The number of hydrogen-bond donors (Lipinski definition) is 4. The zero-order valence-corrected chi connectivity index (χ0v) is 31.5. The average Bonchev–Trinajstić information content (AvgIpc) is 3.96. The molecule has 52 heavy (non-hydrogen) atoms. The van der Waals surface area contributed by atoms with Gasteiger partial charge in [0.05, 0.1) is 10.3 Å². The molecule has 0 bridgehead atoms. The number of halogens is 2. The highest BCUT2D eigenvalue weighted by Crippen LogP contribution is 2.46. The summed E-state index contributed by atoms with van der Waals surface area (Å²) in [6.07, 6.45) is 6.88. The number of carbonyl (C=O) groups excluding carboxylic acids is 5. The first kappa shape index (κ1) is 38.0. The van der Waals surface area contributed by atoms with Crippen molar-refractivity contribution in [3.05, 3.63) is 46.1 Å². The molecule has 1 aromatic heterocycles. The van der Waals surface area contributed by atoms with Crippen molar-refractivity contribution in [1.82, 2.24) is 25.6 Å². The summed E-state index contributed by atoms with van der Waals surface area (Å²) in [5.74, 6) is -3.66. The minimum absolute atomic E-state index is 0.0574. The Morgan fingerprint density at radius 2 is 1.85 bits per heavy atom. The predicted molar refractivity (Wildman–Crippen MR) is 193 cm³/mol. The van der Waals surface area contributed by atoms with E-state index < -0.39 is 86.0 Å². The van der Waals surface area contributed by atoms with Gasteiger partial charge in [0.25, 0.3) is 11.8 Å². The van der Waals surface area contributed by atoms with Crippen molar-refractivity contribution in [2.75, 3.05) is 6.54 Å². The van der Waals surface area contributed by atoms with Crippen LogP contribution in [0.15, 0.2) is 30.4 Å². The van der Waals surface area contributed by atoms with Gasteiger partial charge in [-0.2, -0.15) is 0 Å². The zero-order chi connectivity index (χ0) is 37.6. The van der Waals surface area contributed by atoms with Crippen molar-refractivity contribution in [1.29, 1.82) is 0 Å². The van der Waals surface area contributed by atoms with Crippen LogP contribution in [0.2, 0.25) is 5.02 Å². The summed E-state index contributed by atoms with van der Waals surface area (Å²) in [5, 5.41) is 8.32. The highest BCUT2D eigenvalue weighted by molar-refractivity contribution is 7.91. The number of nitrogens with one attached hydrogen (secondary N) is 4. The van der Waals surface area contributed by atoms with E-state index >= 15 is 0 Å². The molecule has 3 fully saturated rings. The number of alkyl carbamates (subject to hydrolysis) is 1. The Morgan fingerprint density at radius 1 is 1.10 bits per heavy atom. The molecular formula is C35H43ClFN5O8S2. The number of amides is 5. The SMILES string of the molecule is CC(C)(C)OC(=O)N[C@H]1CCCCCC=C[C@@H]2C[C@@]2(C(=O)NS(=O)(=O)C2CC2)NC(=O)[C@@H]2C[C@@H](NC(=O)c3sc4cc(F)ccc4c3Cl)CN2C1=O. The molecule has 4 aliphatic rings. The zero-order valence-electron chi connectivity index (χ0n) is 29.1. The van der Waals surface area contributed by atoms with E-state index in [2.05, 4.69) is 20.7 Å². The summed E-state index contributed by atoms with van der Waals surface area (Å²) in [5.41, 5.74) is -2.40. The van der Waals surface area contributed by atoms with Gasteiger partial charge in [0.1, 0.15) is 33.9 Å². The number of rotatable bonds is 6. The summed E-state index contributed by atoms with van der Waals surface area (Å²) >= 11 is 7.52. The van der Waals surface area contributed by atoms with E-state index in [9.17, 15) is 36.8 Å². The van der Waals surface area contributed by atoms with Crippen LogP contribution in [0.4, 0.5) is 9.18 Å². The largest absolute Gasteiger partial charge is 0.444 e. The number of benzene rings is 1. The van der Waals surface area contributed by atoms with Gasteiger partial charge in [-0.15, -0.1) is 11.3 Å². The molecule has 3 heterocycles. The van der Waals surface area contributed by atoms with Gasteiger partial charge in [-0.3, -0.25) is 23.9 Å². The number of sulfonamides is 1. The third kappa shape index (κ3) is 8.38. The number of hydrogen-bond acceptors (Lipinski definition) is 9. The minimum atomic E-state index is -3.92. The Kier molecular flexibility index (Phi) is 10.6. The Labute approximate surface area is 310 Å². The quantitative estimate of drug-likeness (QED) is 0.314. The molecule has 2 aliphatic heterocycles. The van der Waals surface area contributed by atoms with Crippen molar-refractivity contribution in [2.45, 2.75) is 113 Å². The lowest BCUT2D eigenvalue weighted by Gasteiger charge is -2.30. The molecule has 282 valence electrons. The van der Waals surface area contributed by atoms with Crippen LogP contribution in [-0.4, -0.2) is 84.1 Å². The molecular weight excluding hydrogens is 737 g/mol. The fraction of sp³-hybridized carbons (Fsp3) is 0.571. The van der Waals surface area contributed by atoms with E-state index in [1.165, 1.54) is 23.1 Å². The summed E-state index contributed by atoms with van der Waals surface area (Å²) in [7, 11) is -3.92. The molecule has 0 unspecified atom stereocenters. The normalized spacial score (nSPS) is 27.1. The molecule has 2 aromatic rings. The fourth-order valence-electron chi connectivity index (χ4n) is 6.79. The predicted octanol–water partition coefficient (Wildman–Crippen LogP) is 4.29. The monoisotopic (exact) mass is 779 g/mol. The molecule has 0 radical (unpaired) electrons. The van der Waals surface area contributed by atoms with Crippen LogP contribution in [0, 0.1) is 11.7 Å². The number of thiophene rings is 1. The van der Waals surface area contributed by atoms with Crippen LogP contribution in [0.1, 0.15) is 88.2 Å². The van der Waals surface area contributed by atoms with Crippen LogP contribution in [0.25, 0.3) is 10.1 Å². The van der Waals surface area contributed by atoms with Crippen LogP contribution in [0.3, 0.4) is 0 Å². The second-order valence-electron chi connectivity index (χ2n) is 15.0. The van der Waals surface area contributed by atoms with Gasteiger partial charge in [-0.05, 0) is 83.9 Å². The second kappa shape index (κ2) is 14.6. The Bertz CT molecular complexity index is 1930. The van der Waals surface area contributed by atoms with Crippen molar-refractivity contribution in [3.63, 3.8) is 0 Å². The minimum Gasteiger partial charge on any atom is -0.444 e. The number of fused-ring (bicyclic) bond motifs is 3. The van der Waals surface area contributed by atoms with Gasteiger partial charge in [0.2, 0.25) is 21.8 Å². The highest BCUT2D eigenvalue weighted by Gasteiger charge is 2.62. The van der Waals surface area contributed by atoms with Crippen LogP contribution >= 0.6 is 22.9 Å². The lowest BCUT2D eigenvalue weighted by molar-refractivity contribution is -0.141. The van der Waals surface area contributed by atoms with E-state index in [0.717, 1.165) is 24.2 Å². The molecule has 2 saturated carbocycles. The third-order valence-electron chi connectivity index (χ3n) is 9.71. The molecule has 5 atom stereocenters. The molecule has 6 rings (SSSR count). The van der Waals surface area contributed by atoms with Gasteiger partial charge in [-0.25, -0.2) is 17.6 Å². The second-order valence-corrected chi connectivity index (χ2v) is 18.4. The van der Waals surface area contributed by atoms with Crippen molar-refractivity contribution < 1.29 is 41.5 Å². The maximum atomic E-state index is 14.3. The van der Waals surface area contributed by atoms with Crippen LogP contribution < -0.4 is 20.7 Å². The molecule has 5 amide bonds. The molecule has 17 heteroatoms. The fourth-order valence-corrected chi connectivity index (χ4v) is 9.60. The van der Waals surface area contributed by atoms with E-state index in [0.29, 0.717) is 35.8 Å². The maximum absolute atomic E-state index is 14.3. The molecule has 0 spiro atoms. The number of ether oxygens (including phenoxy) is 1. The average molecular weight is 780 g/mol. The van der Waals surface area contributed by atoms with E-state index in [-0.39, 0.29) is 35.7 Å². The van der Waals surface area contributed by atoms with Crippen molar-refractivity contribution in [3.8, 4) is 0 Å². The first-order valence-corrected chi connectivity index (χ1v) is 20.2. The number of carbonyl (C=O) groups is 5. The third-order valence-corrected chi connectivity index (χ3v) is 13.2. The lowest BCUT2D eigenvalue weighted by Crippen LogP contribution is -2.58.